The van der Waals surface area contributed by atoms with Gasteiger partial charge in [-0.2, -0.15) is 10.2 Å². The van der Waals surface area contributed by atoms with Gasteiger partial charge in [0.1, 0.15) is 49.7 Å². The molecule has 1 saturated heterocycles. The number of carbonyl (C=O) groups excluding carboxylic acids is 2. The summed E-state index contributed by atoms with van der Waals surface area (Å²) in [6.07, 6.45) is 48.0. The van der Waals surface area contributed by atoms with Gasteiger partial charge in [-0.25, -0.2) is 47.5 Å². The van der Waals surface area contributed by atoms with Gasteiger partial charge in [-0.3, -0.25) is 25.2 Å². The van der Waals surface area contributed by atoms with Crippen molar-refractivity contribution in [2.24, 2.45) is 11.5 Å². The zero-order valence-corrected chi connectivity index (χ0v) is 68.0. The largest absolute Gasteiger partial charge is 0.493 e. The number of hydrogen-bond acceptors (Lipinski definition) is 21. The van der Waals surface area contributed by atoms with Gasteiger partial charge in [0, 0.05) is 103 Å². The number of rotatable bonds is 13. The third-order valence-corrected chi connectivity index (χ3v) is 16.9. The van der Waals surface area contributed by atoms with Crippen molar-refractivity contribution in [3.63, 3.8) is 0 Å². The number of nitrogens with one attached hydrogen (secondary N) is 5. The van der Waals surface area contributed by atoms with Gasteiger partial charge in [0.25, 0.3) is 5.56 Å². The van der Waals surface area contributed by atoms with Crippen LogP contribution in [0.3, 0.4) is 0 Å². The van der Waals surface area contributed by atoms with E-state index in [1.165, 1.54) is 12.1 Å². The van der Waals surface area contributed by atoms with Crippen LogP contribution in [0.25, 0.3) is 22.3 Å². The molecule has 0 aromatic carbocycles. The first-order valence-corrected chi connectivity index (χ1v) is 37.7. The van der Waals surface area contributed by atoms with Crippen molar-refractivity contribution in [1.29, 1.82) is 16.1 Å². The molecule has 0 unspecified atom stereocenters. The third-order valence-electron chi connectivity index (χ3n) is 16.0. The maximum Gasteiger partial charge on any atom is 0.317 e. The first kappa shape index (κ1) is 98.3. The number of nitrogens with zero attached hydrogens (tertiary/aromatic N) is 8. The maximum absolute atomic E-state index is 13.2. The average molecular weight is 1710 g/mol. The summed E-state index contributed by atoms with van der Waals surface area (Å²) in [4.78, 5) is 63.5. The minimum atomic E-state index is -2.52. The molecular weight excluding hydrogens is 1610 g/mol. The molecule has 0 bridgehead atoms. The molecule has 0 radical (unpaired) electrons. The fourth-order valence-corrected chi connectivity index (χ4v) is 11.3. The normalized spacial score (nSPS) is 16.9. The van der Waals surface area contributed by atoms with E-state index >= 15 is 0 Å². The molecule has 4 aromatic heterocycles. The Labute approximate surface area is 692 Å². The Morgan fingerprint density at radius 2 is 0.973 bits per heavy atom. The van der Waals surface area contributed by atoms with Crippen LogP contribution in [-0.4, -0.2) is 139 Å². The molecule has 610 valence electrons. The number of H-pyrrole nitrogens is 1. The van der Waals surface area contributed by atoms with Crippen LogP contribution in [0.15, 0.2) is 173 Å². The van der Waals surface area contributed by atoms with Crippen LogP contribution in [0.4, 0.5) is 23.4 Å². The van der Waals surface area contributed by atoms with Crippen LogP contribution in [-0.2, 0) is 28.5 Å². The van der Waals surface area contributed by atoms with Crippen LogP contribution in [0, 0.1) is 22.1 Å². The lowest BCUT2D eigenvalue weighted by molar-refractivity contribution is -0.153. The quantitative estimate of drug-likeness (QED) is 0.0154. The second-order valence-corrected chi connectivity index (χ2v) is 26.6. The van der Waals surface area contributed by atoms with E-state index in [0.717, 1.165) is 116 Å². The van der Waals surface area contributed by atoms with E-state index in [0.29, 0.717) is 93.1 Å². The molecule has 4 aromatic rings. The third kappa shape index (κ3) is 40.6. The van der Waals surface area contributed by atoms with Crippen LogP contribution >= 0.6 is 82.8 Å². The van der Waals surface area contributed by atoms with Crippen LogP contribution in [0.2, 0.25) is 25.8 Å². The molecule has 9 aliphatic carbocycles. The minimum Gasteiger partial charge on any atom is -0.493 e. The van der Waals surface area contributed by atoms with E-state index in [1.54, 1.807) is 19.9 Å². The fourth-order valence-electron chi connectivity index (χ4n) is 10.3. The summed E-state index contributed by atoms with van der Waals surface area (Å²) in [7, 11) is 0. The molecule has 34 heteroatoms. The second-order valence-electron chi connectivity index (χ2n) is 24.7. The number of amidine groups is 1. The lowest BCUT2D eigenvalue weighted by Gasteiger charge is -2.29. The van der Waals surface area contributed by atoms with Gasteiger partial charge in [-0.15, -0.1) is 24.8 Å². The number of nitrogens with two attached hydrogens (primary N) is 2. The molecule has 0 atom stereocenters. The zero-order chi connectivity index (χ0) is 81.0. The van der Waals surface area contributed by atoms with Crippen molar-refractivity contribution in [3.05, 3.63) is 228 Å². The van der Waals surface area contributed by atoms with Crippen LogP contribution in [0.5, 0.6) is 5.88 Å². The SMILES string of the molecule is C1COCCN1.CCOC(=N)C1=CC=CC1.CCOC(=O)CC(=O)OCC.Cl.Cl.Clc1cc(Cl)nc(C2=CC=CC2)n1.Clc1cc(Cl)nc(C2=CC=CC2)n1.FC1(F)CCC(Nc2cc(Cl)nc(C3=CC=CC3)n2)CC1.N#CC1=CC=CC1.N=C(N)C1=CC=CC1.NC1CCC(F)(F)CC1.O=c1cc(O)nc(C2=CC=CC2)[nH]1. The number of alkyl halides is 4. The minimum absolute atomic E-state index is 0. The average Bonchev–Trinajstić information content (AvgIpc) is 1.31. The zero-order valence-electron chi connectivity index (χ0n) is 62.6. The Hall–Kier alpha value is -8.92. The Balaban J connectivity index is 0.000000331. The van der Waals surface area contributed by atoms with Gasteiger partial charge in [-0.05, 0) is 102 Å². The molecule has 23 nitrogen and oxygen atoms in total. The highest BCUT2D eigenvalue weighted by Crippen LogP contribution is 2.35. The molecule has 3 fully saturated rings. The van der Waals surface area contributed by atoms with Gasteiger partial charge < -0.3 is 51.1 Å². The van der Waals surface area contributed by atoms with Crippen molar-refractivity contribution >= 4 is 135 Å². The summed E-state index contributed by atoms with van der Waals surface area (Å²) in [6, 6.07) is 7.83. The number of hydrogen-bond donors (Lipinski definition) is 8. The summed E-state index contributed by atoms with van der Waals surface area (Å²) in [5, 5.41) is 39.8. The van der Waals surface area contributed by atoms with E-state index in [9.17, 15) is 31.9 Å². The molecular formula is C79H94Cl7F4N15O8. The fraction of sp³-hybridized carbons (Fsp3) is 0.380. The van der Waals surface area contributed by atoms with Gasteiger partial charge in [0.05, 0.1) is 45.2 Å². The van der Waals surface area contributed by atoms with Crippen molar-refractivity contribution in [3.8, 4) is 11.9 Å². The first-order chi connectivity index (χ1) is 53.2. The van der Waals surface area contributed by atoms with E-state index in [2.05, 4.69) is 66.0 Å². The van der Waals surface area contributed by atoms with Crippen molar-refractivity contribution in [2.45, 2.75) is 147 Å². The molecule has 14 rings (SSSR count). The Morgan fingerprint density at radius 1 is 0.575 bits per heavy atom. The molecule has 0 amide bonds. The number of esters is 2. The number of anilines is 1. The van der Waals surface area contributed by atoms with Gasteiger partial charge in [0.2, 0.25) is 23.6 Å². The number of morpholine rings is 1. The highest BCUT2D eigenvalue weighted by molar-refractivity contribution is 6.33. The number of allylic oxidation sites excluding steroid dienone is 26. The predicted molar refractivity (Wildman–Crippen MR) is 445 cm³/mol. The summed E-state index contributed by atoms with van der Waals surface area (Å²) in [5.41, 5.74) is 17.0. The number of aromatic nitrogens is 8. The number of aromatic amines is 1. The second kappa shape index (κ2) is 54.0. The van der Waals surface area contributed by atoms with Crippen LogP contribution < -0.4 is 27.7 Å². The standard InChI is InChI=1S/C15H16ClF2N3.2C9H6Cl2N2.C9H8N2O2.C8H11NO.C7H12O4.C6H11F2N.C6H8N2.C6H5N.C4H9NO.2ClH/c16-12-9-13(19-11-5-7-15(17,18)8-6-11)21-14(20-12)10-3-1-2-4-10;2*10-7-5-8(11)13-9(12-7)6-3-1-2-4-6;12-7-5-8(13)11-9(10-7)6-3-1-2-4-6;1-2-10-8(9)7-5-3-4-6-7;1-3-10-6(8)5-7(9)11-4-2;7-6(8)3-1-5(9)2-4-6;7-6(8)5-3-1-2-4-5;7-5-6-3-1-2-4-6;1-3-6-4-2-5-1;;/h1-3,9,11H,4-8H2,(H,19,20,21);2*1-3,5H,4H2;1-3,5H,4H2,(H2,10,11,12,13);3-5,9H,2,6H2,1H3;3-5H2,1-2H3;5H,1-4,9H2;1-3H,4H2,(H3,7,8);1-3H,4H2;5H,1-4H2;2*1H. The molecule has 5 heterocycles. The molecule has 1 aliphatic heterocycles. The molecule has 113 heavy (non-hydrogen) atoms. The number of nitriles is 1. The van der Waals surface area contributed by atoms with Crippen LogP contribution in [0.1, 0.15) is 147 Å². The predicted octanol–water partition coefficient (Wildman–Crippen LogP) is 18.1. The van der Waals surface area contributed by atoms with E-state index in [4.69, 9.17) is 100 Å². The number of carbonyl (C=O) groups is 2. The van der Waals surface area contributed by atoms with E-state index < -0.39 is 23.8 Å². The van der Waals surface area contributed by atoms with Crippen molar-refractivity contribution < 1.29 is 51.2 Å². The summed E-state index contributed by atoms with van der Waals surface area (Å²) >= 11 is 29.0. The molecule has 10 aliphatic rings. The Kier molecular flexibility index (Phi) is 46.9. The topological polar surface area (TPSA) is 362 Å². The molecule has 10 N–H and O–H groups in total. The summed E-state index contributed by atoms with van der Waals surface area (Å²) in [6.45, 7) is 10.2. The number of halogens is 11. The van der Waals surface area contributed by atoms with Crippen molar-refractivity contribution in [1.82, 2.24) is 45.2 Å². The maximum atomic E-state index is 13.2. The smallest absolute Gasteiger partial charge is 0.317 e. The Bertz CT molecular complexity index is 4190. The van der Waals surface area contributed by atoms with E-state index in [1.807, 2.05) is 135 Å². The summed E-state index contributed by atoms with van der Waals surface area (Å²) in [5.74, 6) is -2.89. The van der Waals surface area contributed by atoms with Gasteiger partial charge in [0.15, 0.2) is 17.5 Å². The molecule has 0 spiro atoms. The highest BCUT2D eigenvalue weighted by atomic mass is 35.5. The van der Waals surface area contributed by atoms with Gasteiger partial charge >= 0.3 is 11.9 Å². The number of aromatic hydroxyl groups is 1. The van der Waals surface area contributed by atoms with E-state index in [-0.39, 0.29) is 99.5 Å². The monoisotopic (exact) mass is 1700 g/mol. The Morgan fingerprint density at radius 3 is 1.31 bits per heavy atom. The lowest BCUT2D eigenvalue weighted by Crippen LogP contribution is -2.32. The van der Waals surface area contributed by atoms with Crippen molar-refractivity contribution in [2.75, 3.05) is 51.4 Å². The van der Waals surface area contributed by atoms with Gasteiger partial charge in [-0.1, -0.05) is 180 Å². The first-order valence-electron chi connectivity index (χ1n) is 35.8. The highest BCUT2D eigenvalue weighted by Gasteiger charge is 2.35. The summed E-state index contributed by atoms with van der Waals surface area (Å²) < 4.78 is 70.0. The molecule has 2 saturated carbocycles. The number of ether oxygens (including phenoxy) is 4. The lowest BCUT2D eigenvalue weighted by atomic mass is 9.92.